The van der Waals surface area contributed by atoms with Crippen molar-refractivity contribution in [2.45, 2.75) is 31.7 Å². The Kier molecular flexibility index (Phi) is 5.12. The molecular weight excluding hydrogens is 257 g/mol. The maximum Gasteiger partial charge on any atom is 0.329 e. The quantitative estimate of drug-likeness (QED) is 0.750. The van der Waals surface area contributed by atoms with E-state index in [0.717, 1.165) is 31.5 Å². The lowest BCUT2D eigenvalue weighted by Crippen LogP contribution is -2.57. The van der Waals surface area contributed by atoms with Gasteiger partial charge in [0.25, 0.3) is 0 Å². The summed E-state index contributed by atoms with van der Waals surface area (Å²) in [5.74, 6) is -0.437. The van der Waals surface area contributed by atoms with Gasteiger partial charge in [0.05, 0.1) is 6.61 Å². The van der Waals surface area contributed by atoms with Crippen molar-refractivity contribution in [2.75, 3.05) is 26.4 Å². The molecule has 0 aliphatic carbocycles. The Hall–Kier alpha value is -1.42. The van der Waals surface area contributed by atoms with Gasteiger partial charge in [-0.3, -0.25) is 4.90 Å². The van der Waals surface area contributed by atoms with Gasteiger partial charge in [-0.25, -0.2) is 9.18 Å². The molecule has 110 valence electrons. The zero-order valence-electron chi connectivity index (χ0n) is 12.0. The number of carbonyl (C=O) groups excluding carboxylic acids is 1. The molecule has 1 aliphatic heterocycles. The highest BCUT2D eigenvalue weighted by Gasteiger charge is 2.46. The van der Waals surface area contributed by atoms with Gasteiger partial charge in [-0.15, -0.1) is 0 Å². The fourth-order valence-electron chi connectivity index (χ4n) is 2.84. The number of hydrogen-bond donors (Lipinski definition) is 0. The number of ether oxygens (including phenoxy) is 1. The van der Waals surface area contributed by atoms with Crippen molar-refractivity contribution in [3.8, 4) is 0 Å². The molecule has 1 heterocycles. The van der Waals surface area contributed by atoms with Gasteiger partial charge in [0.15, 0.2) is 5.54 Å². The van der Waals surface area contributed by atoms with Crippen molar-refractivity contribution in [3.05, 3.63) is 35.9 Å². The second-order valence-electron chi connectivity index (χ2n) is 5.24. The van der Waals surface area contributed by atoms with Crippen LogP contribution in [0, 0.1) is 0 Å². The predicted molar refractivity (Wildman–Crippen MR) is 76.3 cm³/mol. The first-order valence-electron chi connectivity index (χ1n) is 7.25. The molecule has 0 radical (unpaired) electrons. The molecule has 1 fully saturated rings. The molecule has 0 bridgehead atoms. The van der Waals surface area contributed by atoms with E-state index in [1.807, 2.05) is 35.2 Å². The van der Waals surface area contributed by atoms with Gasteiger partial charge in [-0.2, -0.15) is 0 Å². The highest BCUT2D eigenvalue weighted by molar-refractivity contribution is 5.81. The Labute approximate surface area is 119 Å². The Morgan fingerprint density at radius 3 is 2.50 bits per heavy atom. The summed E-state index contributed by atoms with van der Waals surface area (Å²) in [6, 6.07) is 9.60. The standard InChI is InChI=1S/C16H22FNO2/c1-2-20-15(19)16(13-17,18-10-6-7-11-18)12-14-8-4-3-5-9-14/h3-5,8-9H,2,6-7,10-13H2,1H3. The summed E-state index contributed by atoms with van der Waals surface area (Å²) in [6.07, 6.45) is 2.38. The summed E-state index contributed by atoms with van der Waals surface area (Å²) in [4.78, 5) is 14.3. The molecule has 1 atom stereocenters. The van der Waals surface area contributed by atoms with Crippen LogP contribution in [0.3, 0.4) is 0 Å². The summed E-state index contributed by atoms with van der Waals surface area (Å²) in [5.41, 5.74) is -0.196. The molecule has 1 saturated heterocycles. The molecule has 0 N–H and O–H groups in total. The Bertz CT molecular complexity index is 431. The lowest BCUT2D eigenvalue weighted by molar-refractivity contribution is -0.158. The number of rotatable bonds is 6. The van der Waals surface area contributed by atoms with Crippen LogP contribution in [0.4, 0.5) is 4.39 Å². The first-order valence-corrected chi connectivity index (χ1v) is 7.25. The monoisotopic (exact) mass is 279 g/mol. The van der Waals surface area contributed by atoms with E-state index in [0.29, 0.717) is 6.42 Å². The number of alkyl halides is 1. The summed E-state index contributed by atoms with van der Waals surface area (Å²) in [6.45, 7) is 2.85. The zero-order valence-corrected chi connectivity index (χ0v) is 12.0. The highest BCUT2D eigenvalue weighted by atomic mass is 19.1. The average Bonchev–Trinajstić information content (AvgIpc) is 3.00. The number of nitrogens with zero attached hydrogens (tertiary/aromatic N) is 1. The van der Waals surface area contributed by atoms with Crippen LogP contribution in [0.25, 0.3) is 0 Å². The minimum absolute atomic E-state index is 0.281. The second-order valence-corrected chi connectivity index (χ2v) is 5.24. The molecule has 1 unspecified atom stereocenters. The van der Waals surface area contributed by atoms with Crippen LogP contribution in [0.2, 0.25) is 0 Å². The van der Waals surface area contributed by atoms with E-state index >= 15 is 0 Å². The third-order valence-electron chi connectivity index (χ3n) is 3.93. The van der Waals surface area contributed by atoms with Gasteiger partial charge in [0.1, 0.15) is 6.67 Å². The van der Waals surface area contributed by atoms with Crippen LogP contribution in [0.15, 0.2) is 30.3 Å². The minimum Gasteiger partial charge on any atom is -0.465 e. The Morgan fingerprint density at radius 2 is 1.95 bits per heavy atom. The van der Waals surface area contributed by atoms with E-state index < -0.39 is 18.2 Å². The lowest BCUT2D eigenvalue weighted by Gasteiger charge is -2.37. The number of esters is 1. The zero-order chi connectivity index (χ0) is 14.4. The molecule has 3 nitrogen and oxygen atoms in total. The van der Waals surface area contributed by atoms with E-state index in [9.17, 15) is 9.18 Å². The SMILES string of the molecule is CCOC(=O)C(CF)(Cc1ccccc1)N1CCCC1. The van der Waals surface area contributed by atoms with Crippen LogP contribution >= 0.6 is 0 Å². The molecular formula is C16H22FNO2. The van der Waals surface area contributed by atoms with Gasteiger partial charge >= 0.3 is 5.97 Å². The van der Waals surface area contributed by atoms with Crippen molar-refractivity contribution in [3.63, 3.8) is 0 Å². The summed E-state index contributed by atoms with van der Waals surface area (Å²) in [7, 11) is 0. The Morgan fingerprint density at radius 1 is 1.30 bits per heavy atom. The van der Waals surface area contributed by atoms with Crippen molar-refractivity contribution < 1.29 is 13.9 Å². The van der Waals surface area contributed by atoms with Gasteiger partial charge in [0, 0.05) is 6.42 Å². The van der Waals surface area contributed by atoms with Gasteiger partial charge in [-0.05, 0) is 38.4 Å². The number of benzene rings is 1. The normalized spacial score (nSPS) is 18.7. The first kappa shape index (κ1) is 15.0. The molecule has 0 saturated carbocycles. The van der Waals surface area contributed by atoms with E-state index in [4.69, 9.17) is 4.74 Å². The molecule has 0 spiro atoms. The van der Waals surface area contributed by atoms with Crippen LogP contribution in [0.5, 0.6) is 0 Å². The maximum atomic E-state index is 13.9. The molecule has 0 amide bonds. The van der Waals surface area contributed by atoms with Gasteiger partial charge in [0.2, 0.25) is 0 Å². The number of hydrogen-bond acceptors (Lipinski definition) is 3. The van der Waals surface area contributed by atoms with Crippen LogP contribution in [-0.4, -0.2) is 42.8 Å². The van der Waals surface area contributed by atoms with Gasteiger partial charge < -0.3 is 4.74 Å². The van der Waals surface area contributed by atoms with Gasteiger partial charge in [-0.1, -0.05) is 30.3 Å². The molecule has 1 aliphatic rings. The third kappa shape index (κ3) is 3.01. The smallest absolute Gasteiger partial charge is 0.329 e. The fourth-order valence-corrected chi connectivity index (χ4v) is 2.84. The average molecular weight is 279 g/mol. The predicted octanol–water partition coefficient (Wildman–Crippen LogP) is 2.60. The second kappa shape index (κ2) is 6.84. The topological polar surface area (TPSA) is 29.5 Å². The minimum atomic E-state index is -1.16. The van der Waals surface area contributed by atoms with E-state index in [2.05, 4.69) is 0 Å². The van der Waals surface area contributed by atoms with E-state index in [-0.39, 0.29) is 6.61 Å². The van der Waals surface area contributed by atoms with Crippen molar-refractivity contribution in [1.29, 1.82) is 0 Å². The fraction of sp³-hybridized carbons (Fsp3) is 0.562. The third-order valence-corrected chi connectivity index (χ3v) is 3.93. The molecule has 4 heteroatoms. The summed E-state index contributed by atoms with van der Waals surface area (Å²) < 4.78 is 19.0. The van der Waals surface area contributed by atoms with E-state index in [1.165, 1.54) is 0 Å². The van der Waals surface area contributed by atoms with Crippen molar-refractivity contribution in [2.24, 2.45) is 0 Å². The Balaban J connectivity index is 2.28. The lowest BCUT2D eigenvalue weighted by atomic mass is 9.90. The summed E-state index contributed by atoms with van der Waals surface area (Å²) in [5, 5.41) is 0. The van der Waals surface area contributed by atoms with Crippen molar-refractivity contribution in [1.82, 2.24) is 4.90 Å². The number of carbonyl (C=O) groups is 1. The maximum absolute atomic E-state index is 13.9. The largest absolute Gasteiger partial charge is 0.465 e. The summed E-state index contributed by atoms with van der Waals surface area (Å²) >= 11 is 0. The molecule has 1 aromatic carbocycles. The number of halogens is 1. The molecule has 1 aromatic rings. The number of likely N-dealkylation sites (tertiary alicyclic amines) is 1. The molecule has 20 heavy (non-hydrogen) atoms. The molecule has 0 aromatic heterocycles. The first-order chi connectivity index (χ1) is 9.73. The van der Waals surface area contributed by atoms with Crippen LogP contribution in [-0.2, 0) is 16.0 Å². The highest BCUT2D eigenvalue weighted by Crippen LogP contribution is 2.28. The van der Waals surface area contributed by atoms with Crippen LogP contribution < -0.4 is 0 Å². The van der Waals surface area contributed by atoms with Crippen molar-refractivity contribution >= 4 is 5.97 Å². The molecule has 2 rings (SSSR count). The van der Waals surface area contributed by atoms with E-state index in [1.54, 1.807) is 6.92 Å². The van der Waals surface area contributed by atoms with Crippen LogP contribution in [0.1, 0.15) is 25.3 Å².